The summed E-state index contributed by atoms with van der Waals surface area (Å²) in [6.07, 6.45) is 6.83. The van der Waals surface area contributed by atoms with Crippen molar-refractivity contribution in [3.8, 4) is 28.0 Å². The SMILES string of the molecule is CC1(C)CCC(C)(C)c2cc(-c3cc(-c4ccc(C(=O)O)cc4)ccc3OCCCC(N)C3CC3)ccc21. The lowest BCUT2D eigenvalue weighted by Gasteiger charge is -2.42. The van der Waals surface area contributed by atoms with Gasteiger partial charge in [-0.2, -0.15) is 0 Å². The highest BCUT2D eigenvalue weighted by Gasteiger charge is 2.37. The summed E-state index contributed by atoms with van der Waals surface area (Å²) in [5.74, 6) is 0.672. The fourth-order valence-corrected chi connectivity index (χ4v) is 5.88. The Bertz CT molecular complexity index is 1320. The highest BCUT2D eigenvalue weighted by molar-refractivity contribution is 5.88. The van der Waals surface area contributed by atoms with E-state index in [9.17, 15) is 9.90 Å². The van der Waals surface area contributed by atoms with Crippen LogP contribution in [0.15, 0.2) is 60.7 Å². The predicted octanol–water partition coefficient (Wildman–Crippen LogP) is 7.96. The van der Waals surface area contributed by atoms with Gasteiger partial charge in [0.05, 0.1) is 12.2 Å². The van der Waals surface area contributed by atoms with Crippen LogP contribution in [0.5, 0.6) is 5.75 Å². The zero-order chi connectivity index (χ0) is 27.1. The Balaban J connectivity index is 1.50. The van der Waals surface area contributed by atoms with Gasteiger partial charge in [0.15, 0.2) is 0 Å². The molecule has 0 amide bonds. The maximum atomic E-state index is 11.3. The summed E-state index contributed by atoms with van der Waals surface area (Å²) in [5.41, 5.74) is 14.0. The van der Waals surface area contributed by atoms with E-state index in [1.807, 2.05) is 12.1 Å². The first kappa shape index (κ1) is 26.5. The van der Waals surface area contributed by atoms with Crippen molar-refractivity contribution in [1.82, 2.24) is 0 Å². The van der Waals surface area contributed by atoms with Crippen LogP contribution in [0.4, 0.5) is 0 Å². The first-order valence-corrected chi connectivity index (χ1v) is 14.1. The quantitative estimate of drug-likeness (QED) is 0.286. The zero-order valence-electron chi connectivity index (χ0n) is 23.2. The van der Waals surface area contributed by atoms with Gasteiger partial charge in [-0.05, 0) is 107 Å². The minimum absolute atomic E-state index is 0.116. The van der Waals surface area contributed by atoms with Crippen molar-refractivity contribution in [2.45, 2.75) is 83.1 Å². The van der Waals surface area contributed by atoms with Crippen LogP contribution in [0.3, 0.4) is 0 Å². The van der Waals surface area contributed by atoms with Gasteiger partial charge in [0, 0.05) is 11.6 Å². The smallest absolute Gasteiger partial charge is 0.335 e. The fraction of sp³-hybridized carbons (Fsp3) is 0.441. The second-order valence-electron chi connectivity index (χ2n) is 12.6. The van der Waals surface area contributed by atoms with Crippen molar-refractivity contribution in [3.63, 3.8) is 0 Å². The summed E-state index contributed by atoms with van der Waals surface area (Å²) in [6, 6.07) is 20.6. The van der Waals surface area contributed by atoms with Crippen LogP contribution in [0.25, 0.3) is 22.3 Å². The molecule has 1 atom stereocenters. The van der Waals surface area contributed by atoms with Crippen LogP contribution >= 0.6 is 0 Å². The molecule has 2 aliphatic carbocycles. The second kappa shape index (κ2) is 10.2. The Morgan fingerprint density at radius 1 is 0.895 bits per heavy atom. The van der Waals surface area contributed by atoms with E-state index in [4.69, 9.17) is 10.5 Å². The van der Waals surface area contributed by atoms with Gasteiger partial charge in [-0.1, -0.05) is 64.1 Å². The Kier molecular flexibility index (Phi) is 7.13. The number of nitrogens with two attached hydrogens (primary N) is 1. The van der Waals surface area contributed by atoms with Crippen LogP contribution in [-0.4, -0.2) is 23.7 Å². The molecule has 3 N–H and O–H groups in total. The van der Waals surface area contributed by atoms with E-state index in [-0.39, 0.29) is 16.4 Å². The monoisotopic (exact) mass is 511 g/mol. The molecule has 3 aromatic rings. The first-order valence-electron chi connectivity index (χ1n) is 14.1. The molecule has 3 aromatic carbocycles. The van der Waals surface area contributed by atoms with Crippen molar-refractivity contribution in [3.05, 3.63) is 77.4 Å². The highest BCUT2D eigenvalue weighted by Crippen LogP contribution is 2.47. The molecule has 200 valence electrons. The van der Waals surface area contributed by atoms with Crippen LogP contribution in [0.2, 0.25) is 0 Å². The van der Waals surface area contributed by atoms with Gasteiger partial charge in [-0.15, -0.1) is 0 Å². The van der Waals surface area contributed by atoms with E-state index < -0.39 is 5.97 Å². The average molecular weight is 512 g/mol. The lowest BCUT2D eigenvalue weighted by Crippen LogP contribution is -2.33. The van der Waals surface area contributed by atoms with Crippen LogP contribution < -0.4 is 10.5 Å². The van der Waals surface area contributed by atoms with E-state index in [2.05, 4.69) is 64.1 Å². The second-order valence-corrected chi connectivity index (χ2v) is 12.6. The molecule has 0 spiro atoms. The lowest BCUT2D eigenvalue weighted by atomic mass is 9.63. The molecule has 0 bridgehead atoms. The molecule has 1 fully saturated rings. The fourth-order valence-electron chi connectivity index (χ4n) is 5.88. The highest BCUT2D eigenvalue weighted by atomic mass is 16.5. The Hall–Kier alpha value is -3.11. The number of fused-ring (bicyclic) bond motifs is 1. The molecule has 4 nitrogen and oxygen atoms in total. The largest absolute Gasteiger partial charge is 0.493 e. The van der Waals surface area contributed by atoms with Gasteiger partial charge >= 0.3 is 5.97 Å². The van der Waals surface area contributed by atoms with E-state index in [1.165, 1.54) is 30.4 Å². The van der Waals surface area contributed by atoms with Crippen LogP contribution in [0.1, 0.15) is 87.7 Å². The minimum atomic E-state index is -0.915. The van der Waals surface area contributed by atoms with Gasteiger partial charge in [0.25, 0.3) is 0 Å². The van der Waals surface area contributed by atoms with Crippen LogP contribution in [0, 0.1) is 5.92 Å². The van der Waals surface area contributed by atoms with Crippen molar-refractivity contribution >= 4 is 5.97 Å². The summed E-state index contributed by atoms with van der Waals surface area (Å²) >= 11 is 0. The molecule has 0 heterocycles. The zero-order valence-corrected chi connectivity index (χ0v) is 23.2. The van der Waals surface area contributed by atoms with Gasteiger partial charge in [0.2, 0.25) is 0 Å². The third kappa shape index (κ3) is 5.51. The summed E-state index contributed by atoms with van der Waals surface area (Å²) in [7, 11) is 0. The van der Waals surface area contributed by atoms with E-state index >= 15 is 0 Å². The molecule has 1 saturated carbocycles. The summed E-state index contributed by atoms with van der Waals surface area (Å²) in [4.78, 5) is 11.3. The Morgan fingerprint density at radius 3 is 2.18 bits per heavy atom. The summed E-state index contributed by atoms with van der Waals surface area (Å²) < 4.78 is 6.39. The van der Waals surface area contributed by atoms with Crippen molar-refractivity contribution in [2.24, 2.45) is 11.7 Å². The van der Waals surface area contributed by atoms with Crippen molar-refractivity contribution in [2.75, 3.05) is 6.61 Å². The van der Waals surface area contributed by atoms with Gasteiger partial charge < -0.3 is 15.6 Å². The molecule has 1 unspecified atom stereocenters. The molecule has 2 aliphatic rings. The molecule has 0 aromatic heterocycles. The average Bonchev–Trinajstić information content (AvgIpc) is 3.75. The van der Waals surface area contributed by atoms with Crippen molar-refractivity contribution in [1.29, 1.82) is 0 Å². The number of rotatable bonds is 9. The molecule has 0 aliphatic heterocycles. The summed E-state index contributed by atoms with van der Waals surface area (Å²) in [5, 5.41) is 9.30. The molecule has 4 heteroatoms. The molecule has 38 heavy (non-hydrogen) atoms. The molecular formula is C34H41NO3. The first-order chi connectivity index (χ1) is 18.0. The van der Waals surface area contributed by atoms with E-state index in [0.717, 1.165) is 47.3 Å². The van der Waals surface area contributed by atoms with Crippen molar-refractivity contribution < 1.29 is 14.6 Å². The summed E-state index contributed by atoms with van der Waals surface area (Å²) in [6.45, 7) is 10.0. The normalized spacial score (nSPS) is 18.4. The minimum Gasteiger partial charge on any atom is -0.493 e. The number of carboxylic acids is 1. The van der Waals surface area contributed by atoms with E-state index in [1.54, 1.807) is 12.1 Å². The van der Waals surface area contributed by atoms with Gasteiger partial charge in [0.1, 0.15) is 5.75 Å². The number of hydrogen-bond acceptors (Lipinski definition) is 3. The molecule has 0 saturated heterocycles. The van der Waals surface area contributed by atoms with Gasteiger partial charge in [-0.25, -0.2) is 4.79 Å². The standard InChI is InChI=1S/C34H41NO3/c1-33(2)17-18-34(3,4)29-21-26(13-15-28(29)33)27-20-25(22-7-11-24(12-8-22)32(36)37)14-16-31(27)38-19-5-6-30(35)23-9-10-23/h7-8,11-16,20-21,23,30H,5-6,9-10,17-19,35H2,1-4H3,(H,36,37). The Morgan fingerprint density at radius 2 is 1.53 bits per heavy atom. The van der Waals surface area contributed by atoms with E-state index in [0.29, 0.717) is 18.6 Å². The number of carboxylic acid groups (broad SMARTS) is 1. The number of carbonyl (C=O) groups is 1. The van der Waals surface area contributed by atoms with Gasteiger partial charge in [-0.3, -0.25) is 0 Å². The maximum absolute atomic E-state index is 11.3. The number of aromatic carboxylic acids is 1. The lowest BCUT2D eigenvalue weighted by molar-refractivity contribution is 0.0697. The Labute approximate surface area is 227 Å². The van der Waals surface area contributed by atoms with Crippen LogP contribution in [-0.2, 0) is 10.8 Å². The molecular weight excluding hydrogens is 470 g/mol. The maximum Gasteiger partial charge on any atom is 0.335 e. The molecule has 0 radical (unpaired) electrons. The predicted molar refractivity (Wildman–Crippen MR) is 155 cm³/mol. The molecule has 5 rings (SSSR count). The third-order valence-corrected chi connectivity index (χ3v) is 8.78. The number of ether oxygens (including phenoxy) is 1. The third-order valence-electron chi connectivity index (χ3n) is 8.78. The number of hydrogen-bond donors (Lipinski definition) is 2. The number of benzene rings is 3. The topological polar surface area (TPSA) is 72.5 Å².